The molecule has 0 radical (unpaired) electrons. The van der Waals surface area contributed by atoms with Crippen molar-refractivity contribution in [3.63, 3.8) is 0 Å². The molecule has 1 aromatic rings. The lowest BCUT2D eigenvalue weighted by atomic mass is 9.81. The molecule has 0 fully saturated rings. The molecule has 0 aliphatic heterocycles. The highest BCUT2D eigenvalue weighted by Crippen LogP contribution is 2.29. The predicted molar refractivity (Wildman–Crippen MR) is 85.9 cm³/mol. The van der Waals surface area contributed by atoms with Gasteiger partial charge in [-0.3, -0.25) is 0 Å². The van der Waals surface area contributed by atoms with Crippen molar-refractivity contribution in [3.8, 4) is 0 Å². The van der Waals surface area contributed by atoms with Crippen LogP contribution < -0.4 is 5.32 Å². The second-order valence-corrected chi connectivity index (χ2v) is 6.80. The molecule has 1 aromatic carbocycles. The first-order chi connectivity index (χ1) is 8.90. The van der Waals surface area contributed by atoms with Gasteiger partial charge < -0.3 is 5.32 Å². The van der Waals surface area contributed by atoms with Gasteiger partial charge in [-0.1, -0.05) is 71.7 Å². The summed E-state index contributed by atoms with van der Waals surface area (Å²) in [5.74, 6) is 1.36. The van der Waals surface area contributed by atoms with E-state index in [1.807, 2.05) is 0 Å². The second kappa shape index (κ2) is 7.09. The highest BCUT2D eigenvalue weighted by atomic mass is 14.8. The molecule has 2 atom stereocenters. The summed E-state index contributed by atoms with van der Waals surface area (Å²) in [4.78, 5) is 0. The van der Waals surface area contributed by atoms with Crippen LogP contribution in [0.1, 0.15) is 64.5 Å². The Balaban J connectivity index is 2.91. The molecule has 1 N–H and O–H groups in total. The van der Waals surface area contributed by atoms with E-state index < -0.39 is 0 Å². The first-order valence-corrected chi connectivity index (χ1v) is 7.65. The van der Waals surface area contributed by atoms with E-state index in [2.05, 4.69) is 71.2 Å². The predicted octanol–water partition coefficient (Wildman–Crippen LogP) is 4.72. The Labute approximate surface area is 119 Å². The number of nitrogens with one attached hydrogen (secondary N) is 1. The summed E-state index contributed by atoms with van der Waals surface area (Å²) in [6, 6.07) is 9.26. The lowest BCUT2D eigenvalue weighted by molar-refractivity contribution is 0.412. The van der Waals surface area contributed by atoms with Gasteiger partial charge in [-0.05, 0) is 35.4 Å². The van der Waals surface area contributed by atoms with E-state index in [-0.39, 0.29) is 5.41 Å². The molecule has 0 saturated carbocycles. The summed E-state index contributed by atoms with van der Waals surface area (Å²) in [5.41, 5.74) is 3.14. The van der Waals surface area contributed by atoms with Gasteiger partial charge in [0.25, 0.3) is 0 Å². The Morgan fingerprint density at radius 2 is 1.68 bits per heavy atom. The largest absolute Gasteiger partial charge is 0.319 e. The van der Waals surface area contributed by atoms with Gasteiger partial charge in [0.15, 0.2) is 0 Å². The van der Waals surface area contributed by atoms with Crippen molar-refractivity contribution in [1.82, 2.24) is 5.32 Å². The minimum absolute atomic E-state index is 0.242. The Bertz CT molecular complexity index is 358. The summed E-state index contributed by atoms with van der Waals surface area (Å²) >= 11 is 0. The van der Waals surface area contributed by atoms with Gasteiger partial charge in [-0.15, -0.1) is 0 Å². The third-order valence-electron chi connectivity index (χ3n) is 4.06. The number of hydrogen-bond acceptors (Lipinski definition) is 1. The first-order valence-electron chi connectivity index (χ1n) is 7.65. The van der Waals surface area contributed by atoms with Crippen LogP contribution in [0, 0.1) is 5.92 Å². The smallest absolute Gasteiger partial charge is 0.00197 e. The van der Waals surface area contributed by atoms with Crippen molar-refractivity contribution in [3.05, 3.63) is 35.4 Å². The number of likely N-dealkylation sites (N-methyl/N-ethyl adjacent to an activating group) is 1. The summed E-state index contributed by atoms with van der Waals surface area (Å²) in [5, 5.41) is 3.35. The van der Waals surface area contributed by atoms with Gasteiger partial charge in [0.2, 0.25) is 0 Å². The molecule has 0 heterocycles. The molecule has 2 unspecified atom stereocenters. The van der Waals surface area contributed by atoms with Crippen molar-refractivity contribution in [2.45, 2.75) is 58.8 Å². The van der Waals surface area contributed by atoms with E-state index in [1.165, 1.54) is 24.0 Å². The zero-order valence-corrected chi connectivity index (χ0v) is 13.6. The molecule has 19 heavy (non-hydrogen) atoms. The van der Waals surface area contributed by atoms with Crippen LogP contribution in [0.15, 0.2) is 24.3 Å². The normalized spacial score (nSPS) is 15.3. The highest BCUT2D eigenvalue weighted by molar-refractivity contribution is 5.30. The fraction of sp³-hybridized carbons (Fsp3) is 0.667. The van der Waals surface area contributed by atoms with Crippen LogP contribution in [0.2, 0.25) is 0 Å². The van der Waals surface area contributed by atoms with Crippen molar-refractivity contribution in [2.24, 2.45) is 5.92 Å². The van der Waals surface area contributed by atoms with E-state index in [4.69, 9.17) is 0 Å². The maximum Gasteiger partial charge on any atom is 0.00197 e. The van der Waals surface area contributed by atoms with Crippen molar-refractivity contribution >= 4 is 0 Å². The minimum Gasteiger partial charge on any atom is -0.319 e. The number of benzene rings is 1. The Morgan fingerprint density at radius 1 is 1.11 bits per heavy atom. The molecular formula is C18H31N. The molecule has 1 rings (SSSR count). The van der Waals surface area contributed by atoms with Gasteiger partial charge in [0.1, 0.15) is 0 Å². The van der Waals surface area contributed by atoms with Crippen LogP contribution in [-0.4, -0.2) is 13.6 Å². The van der Waals surface area contributed by atoms with Gasteiger partial charge >= 0.3 is 0 Å². The minimum atomic E-state index is 0.242. The highest BCUT2D eigenvalue weighted by Gasteiger charge is 2.19. The van der Waals surface area contributed by atoms with Crippen LogP contribution >= 0.6 is 0 Å². The molecule has 1 nitrogen and oxygen atoms in total. The molecule has 0 amide bonds. The van der Waals surface area contributed by atoms with Crippen molar-refractivity contribution < 1.29 is 0 Å². The van der Waals surface area contributed by atoms with Gasteiger partial charge in [-0.2, -0.15) is 0 Å². The Morgan fingerprint density at radius 3 is 2.11 bits per heavy atom. The summed E-state index contributed by atoms with van der Waals surface area (Å²) in [6.45, 7) is 12.5. The van der Waals surface area contributed by atoms with Crippen LogP contribution in [0.5, 0.6) is 0 Å². The van der Waals surface area contributed by atoms with Crippen LogP contribution in [0.3, 0.4) is 0 Å². The number of rotatable bonds is 6. The molecule has 108 valence electrons. The monoisotopic (exact) mass is 261 g/mol. The van der Waals surface area contributed by atoms with E-state index in [0.717, 1.165) is 12.5 Å². The zero-order valence-electron chi connectivity index (χ0n) is 13.6. The van der Waals surface area contributed by atoms with E-state index >= 15 is 0 Å². The molecule has 0 spiro atoms. The lowest BCUT2D eigenvalue weighted by Gasteiger charge is -2.25. The molecule has 0 aromatic heterocycles. The molecule has 1 heteroatoms. The Hall–Kier alpha value is -0.820. The first kappa shape index (κ1) is 16.2. The standard InChI is InChI=1S/C18H31N/c1-7-8-14(2)17(13-19-6)15-9-11-16(12-10-15)18(3,4)5/h9-12,14,17,19H,7-8,13H2,1-6H3. The zero-order chi connectivity index (χ0) is 14.5. The maximum atomic E-state index is 3.35. The lowest BCUT2D eigenvalue weighted by Crippen LogP contribution is -2.23. The summed E-state index contributed by atoms with van der Waals surface area (Å²) in [6.07, 6.45) is 2.56. The molecule has 0 aliphatic carbocycles. The number of hydrogen-bond donors (Lipinski definition) is 1. The third kappa shape index (κ3) is 4.65. The summed E-state index contributed by atoms with van der Waals surface area (Å²) in [7, 11) is 2.05. The maximum absolute atomic E-state index is 3.35. The fourth-order valence-electron chi connectivity index (χ4n) is 2.75. The fourth-order valence-corrected chi connectivity index (χ4v) is 2.75. The van der Waals surface area contributed by atoms with Crippen LogP contribution in [-0.2, 0) is 5.41 Å². The average Bonchev–Trinajstić information content (AvgIpc) is 2.35. The average molecular weight is 261 g/mol. The molecule has 0 aliphatic rings. The SMILES string of the molecule is CCCC(C)C(CNC)c1ccc(C(C)(C)C)cc1. The molecule has 0 saturated heterocycles. The topological polar surface area (TPSA) is 12.0 Å². The van der Waals surface area contributed by atoms with Crippen molar-refractivity contribution in [1.29, 1.82) is 0 Å². The van der Waals surface area contributed by atoms with Crippen molar-refractivity contribution in [2.75, 3.05) is 13.6 Å². The van der Waals surface area contributed by atoms with Gasteiger partial charge in [0, 0.05) is 6.54 Å². The molecule has 0 bridgehead atoms. The van der Waals surface area contributed by atoms with Crippen LogP contribution in [0.4, 0.5) is 0 Å². The molecular weight excluding hydrogens is 230 g/mol. The van der Waals surface area contributed by atoms with Crippen LogP contribution in [0.25, 0.3) is 0 Å². The second-order valence-electron chi connectivity index (χ2n) is 6.80. The van der Waals surface area contributed by atoms with Gasteiger partial charge in [-0.25, -0.2) is 0 Å². The summed E-state index contributed by atoms with van der Waals surface area (Å²) < 4.78 is 0. The third-order valence-corrected chi connectivity index (χ3v) is 4.06. The van der Waals surface area contributed by atoms with E-state index in [9.17, 15) is 0 Å². The van der Waals surface area contributed by atoms with E-state index in [1.54, 1.807) is 0 Å². The quantitative estimate of drug-likeness (QED) is 0.781. The van der Waals surface area contributed by atoms with E-state index in [0.29, 0.717) is 5.92 Å². The Kier molecular flexibility index (Phi) is 6.06. The van der Waals surface area contributed by atoms with Gasteiger partial charge in [0.05, 0.1) is 0 Å².